The van der Waals surface area contributed by atoms with Crippen LogP contribution in [0.2, 0.25) is 0 Å². The number of carbonyl (C=O) groups is 1. The maximum absolute atomic E-state index is 12.6. The molecule has 1 amide bonds. The van der Waals surface area contributed by atoms with Crippen molar-refractivity contribution in [3.05, 3.63) is 35.7 Å². The molecule has 0 saturated carbocycles. The summed E-state index contributed by atoms with van der Waals surface area (Å²) in [4.78, 5) is 14.3. The van der Waals surface area contributed by atoms with Crippen molar-refractivity contribution in [1.29, 1.82) is 0 Å². The van der Waals surface area contributed by atoms with Crippen LogP contribution >= 0.6 is 0 Å². The molecule has 0 aliphatic heterocycles. The number of nitrogens with one attached hydrogen (secondary N) is 1. The molecule has 7 nitrogen and oxygen atoms in total. The number of hydrogen-bond acceptors (Lipinski definition) is 5. The van der Waals surface area contributed by atoms with Crippen molar-refractivity contribution in [1.82, 2.24) is 25.5 Å². The molecule has 1 aromatic heterocycles. The SMILES string of the molecule is COc1cccc([C@H](C)C(=O)N(C)C[C@H](C)c2nn[nH]n2)c1. The van der Waals surface area contributed by atoms with Crippen LogP contribution in [0.3, 0.4) is 0 Å². The van der Waals surface area contributed by atoms with Crippen LogP contribution in [0.15, 0.2) is 24.3 Å². The van der Waals surface area contributed by atoms with Crippen molar-refractivity contribution in [2.75, 3.05) is 20.7 Å². The summed E-state index contributed by atoms with van der Waals surface area (Å²) in [6, 6.07) is 7.57. The van der Waals surface area contributed by atoms with E-state index in [0.29, 0.717) is 12.4 Å². The number of amides is 1. The highest BCUT2D eigenvalue weighted by molar-refractivity contribution is 5.83. The molecule has 2 aromatic rings. The molecule has 2 atom stereocenters. The number of nitrogens with zero attached hydrogens (tertiary/aromatic N) is 4. The Hall–Kier alpha value is -2.44. The molecule has 118 valence electrons. The first kappa shape index (κ1) is 15.9. The number of hydrogen-bond donors (Lipinski definition) is 1. The lowest BCUT2D eigenvalue weighted by molar-refractivity contribution is -0.131. The molecule has 1 N–H and O–H groups in total. The number of rotatable bonds is 6. The van der Waals surface area contributed by atoms with E-state index in [1.807, 2.05) is 38.1 Å². The highest BCUT2D eigenvalue weighted by Gasteiger charge is 2.22. The minimum Gasteiger partial charge on any atom is -0.497 e. The smallest absolute Gasteiger partial charge is 0.229 e. The van der Waals surface area contributed by atoms with Gasteiger partial charge in [0.1, 0.15) is 5.75 Å². The fraction of sp³-hybridized carbons (Fsp3) is 0.467. The Labute approximate surface area is 129 Å². The van der Waals surface area contributed by atoms with Gasteiger partial charge in [-0.25, -0.2) is 0 Å². The summed E-state index contributed by atoms with van der Waals surface area (Å²) in [6.45, 7) is 4.39. The van der Waals surface area contributed by atoms with E-state index in [1.54, 1.807) is 19.1 Å². The largest absolute Gasteiger partial charge is 0.497 e. The summed E-state index contributed by atoms with van der Waals surface area (Å²) in [6.07, 6.45) is 0. The maximum Gasteiger partial charge on any atom is 0.229 e. The van der Waals surface area contributed by atoms with Crippen LogP contribution in [0, 0.1) is 0 Å². The van der Waals surface area contributed by atoms with E-state index in [0.717, 1.165) is 11.3 Å². The lowest BCUT2D eigenvalue weighted by Gasteiger charge is -2.23. The third kappa shape index (κ3) is 3.60. The Morgan fingerprint density at radius 1 is 1.41 bits per heavy atom. The average Bonchev–Trinajstić information content (AvgIpc) is 3.08. The van der Waals surface area contributed by atoms with Crippen molar-refractivity contribution in [2.24, 2.45) is 0 Å². The zero-order chi connectivity index (χ0) is 16.1. The molecule has 0 aliphatic rings. The van der Waals surface area contributed by atoms with E-state index in [9.17, 15) is 4.79 Å². The second kappa shape index (κ2) is 7.02. The number of benzene rings is 1. The van der Waals surface area contributed by atoms with Crippen LogP contribution < -0.4 is 4.74 Å². The van der Waals surface area contributed by atoms with Crippen LogP contribution in [-0.4, -0.2) is 52.1 Å². The zero-order valence-corrected chi connectivity index (χ0v) is 13.3. The third-order valence-electron chi connectivity index (χ3n) is 3.69. The van der Waals surface area contributed by atoms with Crippen molar-refractivity contribution in [3.63, 3.8) is 0 Å². The van der Waals surface area contributed by atoms with Crippen LogP contribution in [0.25, 0.3) is 0 Å². The van der Waals surface area contributed by atoms with Gasteiger partial charge in [0.2, 0.25) is 5.91 Å². The predicted octanol–water partition coefficient (Wildman–Crippen LogP) is 1.57. The normalized spacial score (nSPS) is 13.5. The van der Waals surface area contributed by atoms with Gasteiger partial charge in [-0.15, -0.1) is 10.2 Å². The van der Waals surface area contributed by atoms with E-state index in [4.69, 9.17) is 4.74 Å². The average molecular weight is 303 g/mol. The van der Waals surface area contributed by atoms with Gasteiger partial charge in [0.15, 0.2) is 5.82 Å². The lowest BCUT2D eigenvalue weighted by Crippen LogP contribution is -2.33. The summed E-state index contributed by atoms with van der Waals surface area (Å²) in [5, 5.41) is 13.9. The molecule has 0 bridgehead atoms. The molecular weight excluding hydrogens is 282 g/mol. The minimum absolute atomic E-state index is 0.0187. The van der Waals surface area contributed by atoms with Crippen LogP contribution in [-0.2, 0) is 4.79 Å². The van der Waals surface area contributed by atoms with Crippen LogP contribution in [0.4, 0.5) is 0 Å². The second-order valence-electron chi connectivity index (χ2n) is 5.39. The molecular formula is C15H21N5O2. The van der Waals surface area contributed by atoms with Gasteiger partial charge in [-0.2, -0.15) is 5.21 Å². The summed E-state index contributed by atoms with van der Waals surface area (Å²) in [5.74, 6) is 1.18. The fourth-order valence-electron chi connectivity index (χ4n) is 2.34. The van der Waals surface area contributed by atoms with Crippen molar-refractivity contribution < 1.29 is 9.53 Å². The Morgan fingerprint density at radius 3 is 2.82 bits per heavy atom. The van der Waals surface area contributed by atoms with E-state index in [-0.39, 0.29) is 17.7 Å². The molecule has 22 heavy (non-hydrogen) atoms. The number of likely N-dealkylation sites (N-methyl/N-ethyl adjacent to an activating group) is 1. The molecule has 0 aliphatic carbocycles. The van der Waals surface area contributed by atoms with Crippen molar-refractivity contribution in [2.45, 2.75) is 25.7 Å². The number of tetrazole rings is 1. The highest BCUT2D eigenvalue weighted by Crippen LogP contribution is 2.23. The molecule has 0 spiro atoms. The van der Waals surface area contributed by atoms with E-state index < -0.39 is 0 Å². The topological polar surface area (TPSA) is 84.0 Å². The number of ether oxygens (including phenoxy) is 1. The highest BCUT2D eigenvalue weighted by atomic mass is 16.5. The quantitative estimate of drug-likeness (QED) is 0.875. The predicted molar refractivity (Wildman–Crippen MR) is 81.6 cm³/mol. The third-order valence-corrected chi connectivity index (χ3v) is 3.69. The molecule has 7 heteroatoms. The van der Waals surface area contributed by atoms with E-state index in [1.165, 1.54) is 0 Å². The van der Waals surface area contributed by atoms with Gasteiger partial charge in [-0.05, 0) is 24.6 Å². The summed E-state index contributed by atoms with van der Waals surface area (Å²) in [7, 11) is 3.40. The molecule has 0 saturated heterocycles. The number of aromatic amines is 1. The Balaban J connectivity index is 2.02. The first-order valence-corrected chi connectivity index (χ1v) is 7.15. The monoisotopic (exact) mass is 303 g/mol. The minimum atomic E-state index is -0.238. The summed E-state index contributed by atoms with van der Waals surface area (Å²) >= 11 is 0. The van der Waals surface area contributed by atoms with Gasteiger partial charge >= 0.3 is 0 Å². The second-order valence-corrected chi connectivity index (χ2v) is 5.39. The molecule has 2 rings (SSSR count). The van der Waals surface area contributed by atoms with Crippen LogP contribution in [0.5, 0.6) is 5.75 Å². The van der Waals surface area contributed by atoms with Gasteiger partial charge in [0, 0.05) is 19.5 Å². The Kier molecular flexibility index (Phi) is 5.08. The molecule has 1 aromatic carbocycles. The molecule has 0 radical (unpaired) electrons. The lowest BCUT2D eigenvalue weighted by atomic mass is 9.99. The molecule has 0 unspecified atom stereocenters. The fourth-order valence-corrected chi connectivity index (χ4v) is 2.34. The first-order chi connectivity index (χ1) is 10.5. The number of carbonyl (C=O) groups excluding carboxylic acids is 1. The van der Waals surface area contributed by atoms with Crippen molar-refractivity contribution in [3.8, 4) is 5.75 Å². The van der Waals surface area contributed by atoms with Gasteiger partial charge in [-0.3, -0.25) is 4.79 Å². The number of H-pyrrole nitrogens is 1. The number of methoxy groups -OCH3 is 1. The number of aromatic nitrogens is 4. The van der Waals surface area contributed by atoms with E-state index >= 15 is 0 Å². The van der Waals surface area contributed by atoms with Gasteiger partial charge in [0.05, 0.1) is 13.0 Å². The van der Waals surface area contributed by atoms with Crippen molar-refractivity contribution >= 4 is 5.91 Å². The van der Waals surface area contributed by atoms with Gasteiger partial charge in [-0.1, -0.05) is 24.3 Å². The molecule has 0 fully saturated rings. The molecule has 1 heterocycles. The van der Waals surface area contributed by atoms with Crippen LogP contribution in [0.1, 0.15) is 37.1 Å². The zero-order valence-electron chi connectivity index (χ0n) is 13.3. The standard InChI is InChI=1S/C15H21N5O2/c1-10(14-16-18-19-17-14)9-20(3)15(21)11(2)12-6-5-7-13(8-12)22-4/h5-8,10-11H,9H2,1-4H3,(H,16,17,18,19)/t10-,11-/m0/s1. The summed E-state index contributed by atoms with van der Waals surface area (Å²) in [5.41, 5.74) is 0.934. The van der Waals surface area contributed by atoms with Gasteiger partial charge < -0.3 is 9.64 Å². The first-order valence-electron chi connectivity index (χ1n) is 7.15. The van der Waals surface area contributed by atoms with Gasteiger partial charge in [0.25, 0.3) is 0 Å². The van der Waals surface area contributed by atoms with E-state index in [2.05, 4.69) is 20.6 Å². The Bertz CT molecular complexity index is 614. The maximum atomic E-state index is 12.6. The Morgan fingerprint density at radius 2 is 2.18 bits per heavy atom. The summed E-state index contributed by atoms with van der Waals surface area (Å²) < 4.78 is 5.21.